The van der Waals surface area contributed by atoms with Crippen molar-refractivity contribution in [2.45, 2.75) is 49.0 Å². The van der Waals surface area contributed by atoms with E-state index in [1.807, 2.05) is 0 Å². The van der Waals surface area contributed by atoms with Crippen LogP contribution in [0.1, 0.15) is 6.42 Å². The molecule has 0 spiro atoms. The van der Waals surface area contributed by atoms with Gasteiger partial charge in [-0.05, 0) is 0 Å². The summed E-state index contributed by atoms with van der Waals surface area (Å²) >= 11 is 0. The van der Waals surface area contributed by atoms with Crippen LogP contribution >= 0.6 is 0 Å². The monoisotopic (exact) mass is 400 g/mol. The predicted molar refractivity (Wildman–Crippen MR) is 42.5 cm³/mol. The topological polar surface area (TPSA) is 9.23 Å². The van der Waals surface area contributed by atoms with Gasteiger partial charge in [0.15, 0.2) is 0 Å². The fourth-order valence-electron chi connectivity index (χ4n) is 1.34. The van der Waals surface area contributed by atoms with E-state index in [0.29, 0.717) is 0 Å². The predicted octanol–water partition coefficient (Wildman–Crippen LogP) is 5.31. The van der Waals surface area contributed by atoms with E-state index in [9.17, 15) is 65.9 Å². The van der Waals surface area contributed by atoms with E-state index in [1.54, 1.807) is 0 Å². The van der Waals surface area contributed by atoms with Gasteiger partial charge in [-0.25, -0.2) is 0 Å². The molecule has 0 aliphatic carbocycles. The molecule has 0 bridgehead atoms. The molecule has 0 N–H and O–H groups in total. The van der Waals surface area contributed by atoms with Crippen molar-refractivity contribution < 1.29 is 70.6 Å². The molecule has 0 rings (SSSR count). The average Bonchev–Trinajstić information content (AvgIpc) is 2.14. The maximum atomic E-state index is 12.5. The molecule has 0 aliphatic heterocycles. The lowest BCUT2D eigenvalue weighted by atomic mass is 9.96. The van der Waals surface area contributed by atoms with E-state index >= 15 is 0 Å². The smallest absolute Gasteiger partial charge is 0.336 e. The Kier molecular flexibility index (Phi) is 5.74. The fraction of sp³-hybridized carbons (Fsp3) is 1.00. The van der Waals surface area contributed by atoms with Crippen LogP contribution < -0.4 is 0 Å². The SMILES string of the molecule is FC(F)(F)CC(OC(C(F)(F)F)C(F)(F)F)(C(F)(F)F)C(F)(F)F. The van der Waals surface area contributed by atoms with Crippen LogP contribution in [0, 0.1) is 0 Å². The number of ether oxygens (including phenoxy) is 1. The molecule has 0 aromatic rings. The molecule has 16 heteroatoms. The molecule has 0 saturated carbocycles. The lowest BCUT2D eigenvalue weighted by Gasteiger charge is -2.40. The van der Waals surface area contributed by atoms with Gasteiger partial charge in [-0.15, -0.1) is 0 Å². The van der Waals surface area contributed by atoms with E-state index in [2.05, 4.69) is 4.74 Å². The van der Waals surface area contributed by atoms with E-state index < -0.39 is 49.0 Å². The van der Waals surface area contributed by atoms with Crippen LogP contribution in [0.15, 0.2) is 0 Å². The highest BCUT2D eigenvalue weighted by Gasteiger charge is 2.78. The van der Waals surface area contributed by atoms with Crippen LogP contribution in [0.5, 0.6) is 0 Å². The number of halogens is 15. The Bertz CT molecular complexity index is 389. The van der Waals surface area contributed by atoms with E-state index in [-0.39, 0.29) is 0 Å². The van der Waals surface area contributed by atoms with Crippen LogP contribution in [0.4, 0.5) is 65.9 Å². The molecule has 1 nitrogen and oxygen atoms in total. The van der Waals surface area contributed by atoms with Gasteiger partial charge in [-0.3, -0.25) is 0 Å². The van der Waals surface area contributed by atoms with Crippen LogP contribution in [-0.2, 0) is 4.74 Å². The van der Waals surface area contributed by atoms with Crippen molar-refractivity contribution >= 4 is 0 Å². The molecule has 0 saturated heterocycles. The summed E-state index contributed by atoms with van der Waals surface area (Å²) in [6, 6.07) is 0. The summed E-state index contributed by atoms with van der Waals surface area (Å²) in [5.41, 5.74) is -6.77. The van der Waals surface area contributed by atoms with Gasteiger partial charge in [-0.1, -0.05) is 0 Å². The highest BCUT2D eigenvalue weighted by Crippen LogP contribution is 2.54. The molecule has 146 valence electrons. The molecule has 0 aromatic heterocycles. The van der Waals surface area contributed by atoms with E-state index in [0.717, 1.165) is 0 Å². The van der Waals surface area contributed by atoms with Gasteiger partial charge in [0.1, 0.15) is 0 Å². The first kappa shape index (κ1) is 22.9. The summed E-state index contributed by atoms with van der Waals surface area (Å²) in [5, 5.41) is 0. The van der Waals surface area contributed by atoms with Crippen LogP contribution in [0.3, 0.4) is 0 Å². The minimum atomic E-state index is -7.30. The van der Waals surface area contributed by atoms with Crippen LogP contribution in [0.2, 0.25) is 0 Å². The van der Waals surface area contributed by atoms with Gasteiger partial charge in [0.25, 0.3) is 11.7 Å². The zero-order valence-electron chi connectivity index (χ0n) is 10.4. The Hall–Kier alpha value is -1.09. The molecule has 0 unspecified atom stereocenters. The Labute approximate surface area is 121 Å². The van der Waals surface area contributed by atoms with E-state index in [4.69, 9.17) is 0 Å². The molecule has 24 heavy (non-hydrogen) atoms. The van der Waals surface area contributed by atoms with Gasteiger partial charge in [0.05, 0.1) is 6.42 Å². The molecule has 0 radical (unpaired) electrons. The number of hydrogen-bond donors (Lipinski definition) is 0. The Morgan fingerprint density at radius 1 is 0.542 bits per heavy atom. The van der Waals surface area contributed by atoms with Crippen LogP contribution in [0.25, 0.3) is 0 Å². The van der Waals surface area contributed by atoms with Gasteiger partial charge >= 0.3 is 30.9 Å². The van der Waals surface area contributed by atoms with Crippen molar-refractivity contribution in [1.82, 2.24) is 0 Å². The van der Waals surface area contributed by atoms with Crippen molar-refractivity contribution in [3.63, 3.8) is 0 Å². The maximum absolute atomic E-state index is 12.5. The summed E-state index contributed by atoms with van der Waals surface area (Å²) in [6.45, 7) is 0. The lowest BCUT2D eigenvalue weighted by Crippen LogP contribution is -2.65. The summed E-state index contributed by atoms with van der Waals surface area (Å²) in [4.78, 5) is 0. The molecular weight excluding hydrogens is 397 g/mol. The summed E-state index contributed by atoms with van der Waals surface area (Å²) in [5.74, 6) is 0. The highest BCUT2D eigenvalue weighted by atomic mass is 19.4. The van der Waals surface area contributed by atoms with Gasteiger partial charge < -0.3 is 4.74 Å². The van der Waals surface area contributed by atoms with Gasteiger partial charge in [-0.2, -0.15) is 65.9 Å². The largest absolute Gasteiger partial charge is 0.426 e. The third-order valence-electron chi connectivity index (χ3n) is 2.28. The molecule has 0 heterocycles. The molecular formula is C8H3F15O. The second kappa shape index (κ2) is 6.01. The lowest BCUT2D eigenvalue weighted by molar-refractivity contribution is -0.445. The summed E-state index contributed by atoms with van der Waals surface area (Å²) in [6.07, 6.45) is -44.8. The Morgan fingerprint density at radius 2 is 0.833 bits per heavy atom. The Morgan fingerprint density at radius 3 is 1.00 bits per heavy atom. The highest BCUT2D eigenvalue weighted by molar-refractivity contribution is 5.00. The first-order valence-electron chi connectivity index (χ1n) is 5.06. The quantitative estimate of drug-likeness (QED) is 0.584. The Balaban J connectivity index is 6.41. The second-order valence-electron chi connectivity index (χ2n) is 4.20. The van der Waals surface area contributed by atoms with Crippen molar-refractivity contribution in [2.24, 2.45) is 0 Å². The fourth-order valence-corrected chi connectivity index (χ4v) is 1.34. The second-order valence-corrected chi connectivity index (χ2v) is 4.20. The van der Waals surface area contributed by atoms with Gasteiger partial charge in [0.2, 0.25) is 0 Å². The summed E-state index contributed by atoms with van der Waals surface area (Å²) < 4.78 is 185. The molecule has 0 aromatic carbocycles. The average molecular weight is 400 g/mol. The van der Waals surface area contributed by atoms with Crippen molar-refractivity contribution in [1.29, 1.82) is 0 Å². The molecule has 0 aliphatic rings. The van der Waals surface area contributed by atoms with Crippen molar-refractivity contribution in [3.8, 4) is 0 Å². The maximum Gasteiger partial charge on any atom is 0.426 e. The zero-order chi connectivity index (χ0) is 20.0. The minimum absolute atomic E-state index is 2.05. The van der Waals surface area contributed by atoms with Crippen molar-refractivity contribution in [3.05, 3.63) is 0 Å². The van der Waals surface area contributed by atoms with Gasteiger partial charge in [0, 0.05) is 0 Å². The molecule has 0 atom stereocenters. The number of rotatable bonds is 3. The molecule has 0 amide bonds. The molecule has 0 fully saturated rings. The normalized spacial score (nSPS) is 16.0. The number of hydrogen-bond acceptors (Lipinski definition) is 1. The zero-order valence-corrected chi connectivity index (χ0v) is 10.4. The third-order valence-corrected chi connectivity index (χ3v) is 2.28. The first-order chi connectivity index (χ1) is 10.0. The first-order valence-corrected chi connectivity index (χ1v) is 5.06. The summed E-state index contributed by atoms with van der Waals surface area (Å²) in [7, 11) is 0. The van der Waals surface area contributed by atoms with Crippen molar-refractivity contribution in [2.75, 3.05) is 0 Å². The number of alkyl halides is 15. The third kappa shape index (κ3) is 5.20. The minimum Gasteiger partial charge on any atom is -0.336 e. The standard InChI is InChI=1S/C8H3F15O/c9-4(10,11)1-3(7(18,19)20,8(21,22)23)24-2(5(12,13)14)6(15,16)17/h2H,1H2. The van der Waals surface area contributed by atoms with Crippen LogP contribution in [-0.4, -0.2) is 42.6 Å². The van der Waals surface area contributed by atoms with E-state index in [1.165, 1.54) is 0 Å².